The van der Waals surface area contributed by atoms with Gasteiger partial charge in [-0.15, -0.1) is 0 Å². The highest BCUT2D eigenvalue weighted by Crippen LogP contribution is 2.34. The molecule has 170 valence electrons. The van der Waals surface area contributed by atoms with E-state index in [-0.39, 0.29) is 5.82 Å². The van der Waals surface area contributed by atoms with Crippen LogP contribution in [0.15, 0.2) is 42.5 Å². The number of allylic oxidation sites excluding steroid dienone is 1. The lowest BCUT2D eigenvalue weighted by molar-refractivity contribution is -0.130. The van der Waals surface area contributed by atoms with Crippen molar-refractivity contribution in [2.24, 2.45) is 5.92 Å². The van der Waals surface area contributed by atoms with Gasteiger partial charge in [0.25, 0.3) is 0 Å². The number of fused-ring (bicyclic) bond motifs is 1. The highest BCUT2D eigenvalue weighted by atomic mass is 19.1. The first-order chi connectivity index (χ1) is 15.6. The van der Waals surface area contributed by atoms with Crippen molar-refractivity contribution in [2.75, 3.05) is 31.1 Å². The molecule has 1 fully saturated rings. The summed E-state index contributed by atoms with van der Waals surface area (Å²) < 4.78 is 13.6. The van der Waals surface area contributed by atoms with E-state index in [1.54, 1.807) is 12.1 Å². The molecule has 2 aromatic carbocycles. The number of rotatable bonds is 8. The summed E-state index contributed by atoms with van der Waals surface area (Å²) in [7, 11) is 0. The van der Waals surface area contributed by atoms with Gasteiger partial charge in [-0.25, -0.2) is 4.39 Å². The van der Waals surface area contributed by atoms with Gasteiger partial charge in [0.1, 0.15) is 5.82 Å². The number of amides is 1. The minimum absolute atomic E-state index is 0.171. The third-order valence-corrected chi connectivity index (χ3v) is 7.13. The molecule has 1 heterocycles. The number of halogens is 1. The monoisotopic (exact) mass is 434 g/mol. The normalized spacial score (nSPS) is 16.1. The van der Waals surface area contributed by atoms with Crippen molar-refractivity contribution in [3.63, 3.8) is 0 Å². The Labute approximate surface area is 191 Å². The van der Waals surface area contributed by atoms with Crippen molar-refractivity contribution in [3.05, 3.63) is 65.0 Å². The van der Waals surface area contributed by atoms with Crippen LogP contribution in [0, 0.1) is 11.7 Å². The van der Waals surface area contributed by atoms with E-state index in [9.17, 15) is 9.18 Å². The maximum Gasteiger partial charge on any atom is 0.222 e. The lowest BCUT2D eigenvalue weighted by Crippen LogP contribution is -2.34. The van der Waals surface area contributed by atoms with Crippen LogP contribution in [0.5, 0.6) is 0 Å². The van der Waals surface area contributed by atoms with Crippen LogP contribution < -0.4 is 4.90 Å². The van der Waals surface area contributed by atoms with Gasteiger partial charge in [0, 0.05) is 38.3 Å². The Morgan fingerprint density at radius 1 is 1.09 bits per heavy atom. The van der Waals surface area contributed by atoms with Crippen molar-refractivity contribution in [2.45, 2.75) is 52.4 Å². The smallest absolute Gasteiger partial charge is 0.222 e. The van der Waals surface area contributed by atoms with Gasteiger partial charge in [-0.3, -0.25) is 4.79 Å². The summed E-state index contributed by atoms with van der Waals surface area (Å²) in [6.45, 7) is 7.87. The Hall–Kier alpha value is -2.62. The largest absolute Gasteiger partial charge is 0.371 e. The molecule has 0 bridgehead atoms. The molecule has 1 aliphatic heterocycles. The number of carbonyl (C=O) groups excluding carboxylic acids is 1. The van der Waals surface area contributed by atoms with Crippen molar-refractivity contribution in [1.82, 2.24) is 4.90 Å². The molecule has 0 saturated carbocycles. The molecule has 4 heteroatoms. The van der Waals surface area contributed by atoms with E-state index in [0.29, 0.717) is 12.3 Å². The lowest BCUT2D eigenvalue weighted by atomic mass is 9.91. The van der Waals surface area contributed by atoms with E-state index in [2.05, 4.69) is 35.2 Å². The first-order valence-electron chi connectivity index (χ1n) is 12.2. The van der Waals surface area contributed by atoms with Crippen LogP contribution >= 0.6 is 0 Å². The highest BCUT2D eigenvalue weighted by Gasteiger charge is 2.21. The molecule has 3 nitrogen and oxygen atoms in total. The molecule has 0 spiro atoms. The van der Waals surface area contributed by atoms with E-state index in [0.717, 1.165) is 56.9 Å². The maximum atomic E-state index is 13.6. The zero-order valence-corrected chi connectivity index (χ0v) is 19.4. The predicted molar refractivity (Wildman–Crippen MR) is 131 cm³/mol. The molecule has 0 N–H and O–H groups in total. The summed E-state index contributed by atoms with van der Waals surface area (Å²) in [5.74, 6) is 0.853. The molecule has 0 aromatic heterocycles. The zero-order valence-electron chi connectivity index (χ0n) is 19.4. The first kappa shape index (κ1) is 22.6. The van der Waals surface area contributed by atoms with Crippen molar-refractivity contribution in [1.29, 1.82) is 0 Å². The molecule has 2 aliphatic rings. The van der Waals surface area contributed by atoms with Crippen LogP contribution in [0.1, 0.15) is 62.6 Å². The summed E-state index contributed by atoms with van der Waals surface area (Å²) in [5.41, 5.74) is 5.98. The Bertz CT molecular complexity index is 971. The van der Waals surface area contributed by atoms with Gasteiger partial charge in [-0.05, 0) is 98.4 Å². The first-order valence-corrected chi connectivity index (χ1v) is 12.2. The fraction of sp³-hybridized carbons (Fsp3) is 0.464. The SMILES string of the molecule is CCN(CC)C(=O)CCCC1CCN(c2cccc(C3=Cc4cc(F)ccc4C3)c2)CC1. The van der Waals surface area contributed by atoms with E-state index in [1.165, 1.54) is 35.2 Å². The fourth-order valence-electron chi connectivity index (χ4n) is 5.15. The Balaban J connectivity index is 1.29. The summed E-state index contributed by atoms with van der Waals surface area (Å²) in [6.07, 6.45) is 8.23. The second-order valence-corrected chi connectivity index (χ2v) is 9.13. The second-order valence-electron chi connectivity index (χ2n) is 9.13. The Morgan fingerprint density at radius 2 is 1.88 bits per heavy atom. The third kappa shape index (κ3) is 5.23. The summed E-state index contributed by atoms with van der Waals surface area (Å²) in [6, 6.07) is 13.9. The topological polar surface area (TPSA) is 23.6 Å². The average molecular weight is 435 g/mol. The predicted octanol–water partition coefficient (Wildman–Crippen LogP) is 6.18. The molecule has 0 radical (unpaired) electrons. The minimum atomic E-state index is -0.171. The third-order valence-electron chi connectivity index (χ3n) is 7.13. The van der Waals surface area contributed by atoms with Gasteiger partial charge >= 0.3 is 0 Å². The molecule has 1 saturated heterocycles. The van der Waals surface area contributed by atoms with Crippen molar-refractivity contribution >= 4 is 23.2 Å². The fourth-order valence-corrected chi connectivity index (χ4v) is 5.15. The maximum absolute atomic E-state index is 13.6. The molecular weight excluding hydrogens is 399 g/mol. The van der Waals surface area contributed by atoms with E-state index in [1.807, 2.05) is 24.8 Å². The van der Waals surface area contributed by atoms with Gasteiger partial charge in [-0.1, -0.05) is 24.3 Å². The zero-order chi connectivity index (χ0) is 22.5. The minimum Gasteiger partial charge on any atom is -0.371 e. The second kappa shape index (κ2) is 10.3. The molecule has 1 aliphatic carbocycles. The molecule has 32 heavy (non-hydrogen) atoms. The van der Waals surface area contributed by atoms with Gasteiger partial charge in [0.15, 0.2) is 0 Å². The van der Waals surface area contributed by atoms with E-state index in [4.69, 9.17) is 0 Å². The molecule has 1 amide bonds. The van der Waals surface area contributed by atoms with Crippen LogP contribution in [0.25, 0.3) is 11.6 Å². The van der Waals surface area contributed by atoms with Gasteiger partial charge in [0.2, 0.25) is 5.91 Å². The van der Waals surface area contributed by atoms with Crippen LogP contribution in [0.4, 0.5) is 10.1 Å². The molecule has 0 unspecified atom stereocenters. The number of anilines is 1. The van der Waals surface area contributed by atoms with Crippen LogP contribution in [0.2, 0.25) is 0 Å². The van der Waals surface area contributed by atoms with Crippen molar-refractivity contribution < 1.29 is 9.18 Å². The van der Waals surface area contributed by atoms with Crippen LogP contribution in [0.3, 0.4) is 0 Å². The number of piperidine rings is 1. The number of carbonyl (C=O) groups is 1. The van der Waals surface area contributed by atoms with Gasteiger partial charge in [0.05, 0.1) is 0 Å². The quantitative estimate of drug-likeness (QED) is 0.495. The van der Waals surface area contributed by atoms with Gasteiger partial charge < -0.3 is 9.80 Å². The Kier molecular flexibility index (Phi) is 7.29. The number of hydrogen-bond donors (Lipinski definition) is 0. The van der Waals surface area contributed by atoms with Crippen molar-refractivity contribution in [3.8, 4) is 0 Å². The molecule has 4 rings (SSSR count). The molecule has 0 atom stereocenters. The number of hydrogen-bond acceptors (Lipinski definition) is 2. The summed E-state index contributed by atoms with van der Waals surface area (Å²) >= 11 is 0. The van der Waals surface area contributed by atoms with Crippen LogP contribution in [-0.2, 0) is 11.2 Å². The number of nitrogens with zero attached hydrogens (tertiary/aromatic N) is 2. The summed E-state index contributed by atoms with van der Waals surface area (Å²) in [5, 5.41) is 0. The molecule has 2 aromatic rings. The summed E-state index contributed by atoms with van der Waals surface area (Å²) in [4.78, 5) is 16.6. The Morgan fingerprint density at radius 3 is 2.62 bits per heavy atom. The average Bonchev–Trinajstić information content (AvgIpc) is 3.24. The van der Waals surface area contributed by atoms with E-state index < -0.39 is 0 Å². The van der Waals surface area contributed by atoms with Gasteiger partial charge in [-0.2, -0.15) is 0 Å². The standard InChI is InChI=1S/C28H35FN2O/c1-3-30(4-2)28(32)10-5-7-21-13-15-31(16-14-21)27-9-6-8-22(20-27)24-17-23-11-12-26(29)19-25(23)18-24/h6,8-9,11-12,18-21H,3-5,7,10,13-17H2,1-2H3. The van der Waals surface area contributed by atoms with E-state index >= 15 is 0 Å². The van der Waals surface area contributed by atoms with Crippen LogP contribution in [-0.4, -0.2) is 37.0 Å². The highest BCUT2D eigenvalue weighted by molar-refractivity contribution is 5.89. The molecular formula is C28H35FN2O. The number of benzene rings is 2. The lowest BCUT2D eigenvalue weighted by Gasteiger charge is -2.34.